The maximum absolute atomic E-state index is 12.3. The van der Waals surface area contributed by atoms with E-state index in [1.165, 1.54) is 0 Å². The fourth-order valence-corrected chi connectivity index (χ4v) is 5.13. The highest BCUT2D eigenvalue weighted by Crippen LogP contribution is 2.30. The number of piperazine rings is 1. The Morgan fingerprint density at radius 2 is 1.74 bits per heavy atom. The van der Waals surface area contributed by atoms with E-state index in [0.29, 0.717) is 18.8 Å². The summed E-state index contributed by atoms with van der Waals surface area (Å²) in [4.78, 5) is 42.7. The van der Waals surface area contributed by atoms with Gasteiger partial charge in [-0.2, -0.15) is 0 Å². The number of benzene rings is 1. The van der Waals surface area contributed by atoms with Crippen molar-refractivity contribution in [3.8, 4) is 0 Å². The monoisotopic (exact) mass is 470 g/mol. The first-order valence-electron chi connectivity index (χ1n) is 12.6. The molecule has 3 fully saturated rings. The average Bonchev–Trinajstić information content (AvgIpc) is 2.79. The van der Waals surface area contributed by atoms with Crippen LogP contribution in [0.5, 0.6) is 0 Å². The van der Waals surface area contributed by atoms with Gasteiger partial charge >= 0.3 is 6.09 Å². The summed E-state index contributed by atoms with van der Waals surface area (Å²) in [7, 11) is 0. The van der Waals surface area contributed by atoms with E-state index in [4.69, 9.17) is 4.74 Å². The van der Waals surface area contributed by atoms with Gasteiger partial charge in [-0.05, 0) is 63.6 Å². The van der Waals surface area contributed by atoms with E-state index in [1.807, 2.05) is 37.8 Å². The molecule has 34 heavy (non-hydrogen) atoms. The Labute approximate surface area is 202 Å². The van der Waals surface area contributed by atoms with Gasteiger partial charge in [0.15, 0.2) is 0 Å². The van der Waals surface area contributed by atoms with Crippen molar-refractivity contribution in [1.82, 2.24) is 15.1 Å². The summed E-state index contributed by atoms with van der Waals surface area (Å²) >= 11 is 0. The maximum Gasteiger partial charge on any atom is 0.410 e. The van der Waals surface area contributed by atoms with Crippen molar-refractivity contribution in [3.05, 3.63) is 29.8 Å². The van der Waals surface area contributed by atoms with Crippen LogP contribution >= 0.6 is 0 Å². The van der Waals surface area contributed by atoms with E-state index in [1.54, 1.807) is 0 Å². The molecule has 1 unspecified atom stereocenters. The fourth-order valence-electron chi connectivity index (χ4n) is 5.13. The van der Waals surface area contributed by atoms with Crippen LogP contribution < -0.4 is 10.2 Å². The molecule has 3 saturated heterocycles. The van der Waals surface area contributed by atoms with E-state index in [-0.39, 0.29) is 23.8 Å². The van der Waals surface area contributed by atoms with Crippen molar-refractivity contribution >= 4 is 23.6 Å². The molecule has 8 heteroatoms. The van der Waals surface area contributed by atoms with Crippen molar-refractivity contribution in [2.24, 2.45) is 5.92 Å². The second-order valence-corrected chi connectivity index (χ2v) is 10.8. The summed E-state index contributed by atoms with van der Waals surface area (Å²) in [5, 5.41) is 2.47. The normalized spacial score (nSPS) is 23.1. The number of nitrogens with one attached hydrogen (secondary N) is 1. The van der Waals surface area contributed by atoms with Crippen LogP contribution in [0, 0.1) is 5.92 Å². The highest BCUT2D eigenvalue weighted by Gasteiger charge is 2.30. The third kappa shape index (κ3) is 6.29. The number of nitrogens with zero attached hydrogens (tertiary/aromatic N) is 3. The number of hydrogen-bond acceptors (Lipinski definition) is 6. The van der Waals surface area contributed by atoms with Crippen molar-refractivity contribution in [2.75, 3.05) is 50.7 Å². The summed E-state index contributed by atoms with van der Waals surface area (Å²) in [5.74, 6) is 0.0572. The van der Waals surface area contributed by atoms with Crippen molar-refractivity contribution in [3.63, 3.8) is 0 Å². The minimum absolute atomic E-state index is 0.175. The molecule has 3 amide bonds. The largest absolute Gasteiger partial charge is 0.444 e. The standard InChI is InChI=1S/C26H38N4O4/c1-26(2,3)34-25(33)30-15-13-28(14-16-30)18-19-9-11-29(12-10-19)21-6-4-5-20(17-21)22-7-8-23(31)27-24(22)32/h4-6,17,19,22H,7-16,18H2,1-3H3,(H,27,31,32). The molecule has 8 nitrogen and oxygen atoms in total. The summed E-state index contributed by atoms with van der Waals surface area (Å²) in [6.07, 6.45) is 3.04. The molecule has 1 aromatic carbocycles. The van der Waals surface area contributed by atoms with Crippen LogP contribution in [-0.2, 0) is 14.3 Å². The second-order valence-electron chi connectivity index (χ2n) is 10.8. The van der Waals surface area contributed by atoms with Gasteiger partial charge < -0.3 is 14.5 Å². The van der Waals surface area contributed by atoms with Gasteiger partial charge in [0, 0.05) is 57.9 Å². The molecule has 0 radical (unpaired) electrons. The number of hydrogen-bond donors (Lipinski definition) is 1. The first-order chi connectivity index (χ1) is 16.2. The molecule has 0 saturated carbocycles. The lowest BCUT2D eigenvalue weighted by molar-refractivity contribution is -0.134. The Kier molecular flexibility index (Phi) is 7.45. The number of anilines is 1. The Morgan fingerprint density at radius 3 is 2.38 bits per heavy atom. The lowest BCUT2D eigenvalue weighted by Gasteiger charge is -2.39. The predicted octanol–water partition coefficient (Wildman–Crippen LogP) is 2.98. The Balaban J connectivity index is 1.23. The molecular formula is C26H38N4O4. The van der Waals surface area contributed by atoms with Crippen LogP contribution in [-0.4, -0.2) is 79.1 Å². The van der Waals surface area contributed by atoms with E-state index in [0.717, 1.165) is 69.9 Å². The topological polar surface area (TPSA) is 82.2 Å². The van der Waals surface area contributed by atoms with Gasteiger partial charge in [-0.1, -0.05) is 12.1 Å². The summed E-state index contributed by atoms with van der Waals surface area (Å²) < 4.78 is 5.50. The Hall–Kier alpha value is -2.61. The molecule has 0 aromatic heterocycles. The molecule has 0 aliphatic carbocycles. The van der Waals surface area contributed by atoms with E-state index in [2.05, 4.69) is 27.2 Å². The molecule has 3 heterocycles. The van der Waals surface area contributed by atoms with Gasteiger partial charge in [-0.15, -0.1) is 0 Å². The predicted molar refractivity (Wildman–Crippen MR) is 131 cm³/mol. The number of piperidine rings is 2. The molecule has 1 N–H and O–H groups in total. The zero-order chi connectivity index (χ0) is 24.3. The van der Waals surface area contributed by atoms with Crippen molar-refractivity contribution in [2.45, 2.75) is 58.0 Å². The van der Waals surface area contributed by atoms with Gasteiger partial charge in [0.1, 0.15) is 5.60 Å². The average molecular weight is 471 g/mol. The van der Waals surface area contributed by atoms with E-state index >= 15 is 0 Å². The van der Waals surface area contributed by atoms with Gasteiger partial charge in [0.2, 0.25) is 11.8 Å². The van der Waals surface area contributed by atoms with Gasteiger partial charge in [-0.3, -0.25) is 19.8 Å². The van der Waals surface area contributed by atoms with Crippen LogP contribution in [0.2, 0.25) is 0 Å². The second kappa shape index (κ2) is 10.3. The molecule has 186 valence electrons. The smallest absolute Gasteiger partial charge is 0.410 e. The highest BCUT2D eigenvalue weighted by atomic mass is 16.6. The van der Waals surface area contributed by atoms with Crippen LogP contribution in [0.25, 0.3) is 0 Å². The van der Waals surface area contributed by atoms with Crippen LogP contribution in [0.15, 0.2) is 24.3 Å². The molecule has 3 aliphatic heterocycles. The quantitative estimate of drug-likeness (QED) is 0.682. The molecule has 4 rings (SSSR count). The summed E-state index contributed by atoms with van der Waals surface area (Å²) in [6.45, 7) is 12.0. The molecule has 1 atom stereocenters. The lowest BCUT2D eigenvalue weighted by Crippen LogP contribution is -2.51. The molecule has 0 bridgehead atoms. The SMILES string of the molecule is CC(C)(C)OC(=O)N1CCN(CC2CCN(c3cccc(C4CCC(=O)NC4=O)c3)CC2)CC1. The lowest BCUT2D eigenvalue weighted by atomic mass is 9.90. The Bertz CT molecular complexity index is 896. The van der Waals surface area contributed by atoms with Crippen molar-refractivity contribution in [1.29, 1.82) is 0 Å². The first kappa shape index (κ1) is 24.5. The fraction of sp³-hybridized carbons (Fsp3) is 0.654. The number of amides is 3. The summed E-state index contributed by atoms with van der Waals surface area (Å²) in [5.41, 5.74) is 1.70. The maximum atomic E-state index is 12.3. The number of carbonyl (C=O) groups excluding carboxylic acids is 3. The zero-order valence-corrected chi connectivity index (χ0v) is 20.7. The van der Waals surface area contributed by atoms with E-state index < -0.39 is 5.60 Å². The zero-order valence-electron chi connectivity index (χ0n) is 20.7. The van der Waals surface area contributed by atoms with E-state index in [9.17, 15) is 14.4 Å². The van der Waals surface area contributed by atoms with Crippen molar-refractivity contribution < 1.29 is 19.1 Å². The minimum atomic E-state index is -0.455. The van der Waals surface area contributed by atoms with Crippen LogP contribution in [0.4, 0.5) is 10.5 Å². The van der Waals surface area contributed by atoms with Gasteiger partial charge in [0.25, 0.3) is 0 Å². The van der Waals surface area contributed by atoms with Crippen LogP contribution in [0.1, 0.15) is 57.9 Å². The first-order valence-corrected chi connectivity index (χ1v) is 12.6. The third-order valence-corrected chi connectivity index (χ3v) is 7.03. The third-order valence-electron chi connectivity index (χ3n) is 7.03. The van der Waals surface area contributed by atoms with Gasteiger partial charge in [-0.25, -0.2) is 4.79 Å². The molecule has 0 spiro atoms. The number of rotatable bonds is 4. The Morgan fingerprint density at radius 1 is 1.03 bits per heavy atom. The number of imide groups is 1. The molecule has 3 aliphatic rings. The highest BCUT2D eigenvalue weighted by molar-refractivity contribution is 6.01. The number of carbonyl (C=O) groups is 3. The van der Waals surface area contributed by atoms with Gasteiger partial charge in [0.05, 0.1) is 5.92 Å². The molecular weight excluding hydrogens is 432 g/mol. The summed E-state index contributed by atoms with van der Waals surface area (Å²) in [6, 6.07) is 8.25. The van der Waals surface area contributed by atoms with Crippen LogP contribution in [0.3, 0.4) is 0 Å². The molecule has 1 aromatic rings. The minimum Gasteiger partial charge on any atom is -0.444 e. The number of ether oxygens (including phenoxy) is 1.